The van der Waals surface area contributed by atoms with Gasteiger partial charge >= 0.3 is 0 Å². The average molecular weight is 264 g/mol. The highest BCUT2D eigenvalue weighted by Crippen LogP contribution is 2.20. The minimum absolute atomic E-state index is 0.469. The summed E-state index contributed by atoms with van der Waals surface area (Å²) in [4.78, 5) is 6.79. The zero-order chi connectivity index (χ0) is 13.1. The molecule has 3 rings (SSSR count). The van der Waals surface area contributed by atoms with E-state index >= 15 is 0 Å². The SMILES string of the molecule is CC(CN1CCOCC1)n1cncc1CNC1CC1. The lowest BCUT2D eigenvalue weighted by atomic mass is 10.2. The van der Waals surface area contributed by atoms with E-state index in [1.54, 1.807) is 0 Å². The molecule has 1 aromatic heterocycles. The van der Waals surface area contributed by atoms with Crippen LogP contribution in [0.25, 0.3) is 0 Å². The molecule has 5 heteroatoms. The maximum Gasteiger partial charge on any atom is 0.0951 e. The van der Waals surface area contributed by atoms with E-state index in [-0.39, 0.29) is 0 Å². The minimum atomic E-state index is 0.469. The predicted molar refractivity (Wildman–Crippen MR) is 74.1 cm³/mol. The van der Waals surface area contributed by atoms with Crippen LogP contribution in [0.2, 0.25) is 0 Å². The molecule has 1 atom stereocenters. The van der Waals surface area contributed by atoms with Crippen molar-refractivity contribution in [1.82, 2.24) is 19.8 Å². The fourth-order valence-electron chi connectivity index (χ4n) is 2.65. The molecule has 1 saturated heterocycles. The zero-order valence-corrected chi connectivity index (χ0v) is 11.7. The molecule has 1 N–H and O–H groups in total. The Morgan fingerprint density at radius 3 is 2.95 bits per heavy atom. The van der Waals surface area contributed by atoms with Gasteiger partial charge in [0.2, 0.25) is 0 Å². The Morgan fingerprint density at radius 1 is 1.42 bits per heavy atom. The molecule has 1 saturated carbocycles. The van der Waals surface area contributed by atoms with Gasteiger partial charge in [-0.15, -0.1) is 0 Å². The Hall–Kier alpha value is -0.910. The molecule has 2 fully saturated rings. The number of nitrogens with one attached hydrogen (secondary N) is 1. The molecule has 19 heavy (non-hydrogen) atoms. The molecule has 106 valence electrons. The Balaban J connectivity index is 1.55. The monoisotopic (exact) mass is 264 g/mol. The van der Waals surface area contributed by atoms with Crippen LogP contribution in [-0.2, 0) is 11.3 Å². The topological polar surface area (TPSA) is 42.3 Å². The van der Waals surface area contributed by atoms with Gasteiger partial charge in [0.25, 0.3) is 0 Å². The van der Waals surface area contributed by atoms with Crippen LogP contribution in [0.15, 0.2) is 12.5 Å². The highest BCUT2D eigenvalue weighted by Gasteiger charge is 2.21. The third-order valence-corrected chi connectivity index (χ3v) is 4.00. The summed E-state index contributed by atoms with van der Waals surface area (Å²) in [6, 6.07) is 1.22. The summed E-state index contributed by atoms with van der Waals surface area (Å²) < 4.78 is 7.71. The van der Waals surface area contributed by atoms with Crippen molar-refractivity contribution in [2.45, 2.75) is 38.4 Å². The van der Waals surface area contributed by atoms with E-state index in [9.17, 15) is 0 Å². The smallest absolute Gasteiger partial charge is 0.0951 e. The Morgan fingerprint density at radius 2 is 2.21 bits per heavy atom. The Bertz CT molecular complexity index is 396. The van der Waals surface area contributed by atoms with Gasteiger partial charge < -0.3 is 14.6 Å². The molecule has 2 heterocycles. The second kappa shape index (κ2) is 6.03. The number of hydrogen-bond acceptors (Lipinski definition) is 4. The van der Waals surface area contributed by atoms with Crippen molar-refractivity contribution in [3.63, 3.8) is 0 Å². The number of aromatic nitrogens is 2. The van der Waals surface area contributed by atoms with Crippen LogP contribution in [0.3, 0.4) is 0 Å². The van der Waals surface area contributed by atoms with Crippen molar-refractivity contribution in [1.29, 1.82) is 0 Å². The van der Waals surface area contributed by atoms with Crippen LogP contribution in [0, 0.1) is 0 Å². The molecule has 1 aliphatic heterocycles. The molecule has 1 unspecified atom stereocenters. The molecule has 0 radical (unpaired) electrons. The first kappa shape index (κ1) is 13.1. The van der Waals surface area contributed by atoms with Gasteiger partial charge in [-0.3, -0.25) is 4.90 Å². The summed E-state index contributed by atoms with van der Waals surface area (Å²) in [7, 11) is 0. The van der Waals surface area contributed by atoms with Gasteiger partial charge in [0.05, 0.1) is 25.2 Å². The predicted octanol–water partition coefficient (Wildman–Crippen LogP) is 1.03. The third kappa shape index (κ3) is 3.55. The Labute approximate surface area is 114 Å². The number of morpholine rings is 1. The van der Waals surface area contributed by atoms with Crippen LogP contribution < -0.4 is 5.32 Å². The lowest BCUT2D eigenvalue weighted by Gasteiger charge is -2.30. The highest BCUT2D eigenvalue weighted by atomic mass is 16.5. The summed E-state index contributed by atoms with van der Waals surface area (Å²) in [6.45, 7) is 8.13. The van der Waals surface area contributed by atoms with E-state index in [1.165, 1.54) is 18.5 Å². The van der Waals surface area contributed by atoms with Gasteiger partial charge in [-0.25, -0.2) is 4.98 Å². The Kier molecular flexibility index (Phi) is 4.15. The summed E-state index contributed by atoms with van der Waals surface area (Å²) in [5.41, 5.74) is 1.30. The molecular weight excluding hydrogens is 240 g/mol. The fraction of sp³-hybridized carbons (Fsp3) is 0.786. The summed E-state index contributed by atoms with van der Waals surface area (Å²) in [5.74, 6) is 0. The van der Waals surface area contributed by atoms with Gasteiger partial charge in [-0.2, -0.15) is 0 Å². The van der Waals surface area contributed by atoms with Crippen molar-refractivity contribution in [2.75, 3.05) is 32.8 Å². The summed E-state index contributed by atoms with van der Waals surface area (Å²) >= 11 is 0. The number of rotatable bonds is 6. The van der Waals surface area contributed by atoms with E-state index in [2.05, 4.69) is 26.7 Å². The van der Waals surface area contributed by atoms with Crippen LogP contribution in [0.1, 0.15) is 31.5 Å². The maximum atomic E-state index is 5.40. The molecule has 0 spiro atoms. The van der Waals surface area contributed by atoms with Gasteiger partial charge in [-0.05, 0) is 19.8 Å². The quantitative estimate of drug-likeness (QED) is 0.833. The van der Waals surface area contributed by atoms with Gasteiger partial charge in [0.1, 0.15) is 0 Å². The van der Waals surface area contributed by atoms with E-state index in [0.717, 1.165) is 45.4 Å². The van der Waals surface area contributed by atoms with Crippen LogP contribution >= 0.6 is 0 Å². The number of ether oxygens (including phenoxy) is 1. The first-order valence-electron chi connectivity index (χ1n) is 7.37. The van der Waals surface area contributed by atoms with Crippen LogP contribution in [0.4, 0.5) is 0 Å². The summed E-state index contributed by atoms with van der Waals surface area (Å²) in [5, 5.41) is 3.56. The number of imidazole rings is 1. The lowest BCUT2D eigenvalue weighted by Crippen LogP contribution is -2.39. The molecule has 0 aromatic carbocycles. The molecule has 0 bridgehead atoms. The fourth-order valence-corrected chi connectivity index (χ4v) is 2.65. The maximum absolute atomic E-state index is 5.40. The second-order valence-corrected chi connectivity index (χ2v) is 5.71. The molecule has 2 aliphatic rings. The normalized spacial score (nSPS) is 22.6. The first-order valence-corrected chi connectivity index (χ1v) is 7.37. The first-order chi connectivity index (χ1) is 9.33. The largest absolute Gasteiger partial charge is 0.379 e. The van der Waals surface area contributed by atoms with Crippen LogP contribution in [-0.4, -0.2) is 53.3 Å². The van der Waals surface area contributed by atoms with Crippen molar-refractivity contribution < 1.29 is 4.74 Å². The molecule has 1 aliphatic carbocycles. The molecular formula is C14H24N4O. The van der Waals surface area contributed by atoms with Crippen LogP contribution in [0.5, 0.6) is 0 Å². The van der Waals surface area contributed by atoms with E-state index in [0.29, 0.717) is 6.04 Å². The minimum Gasteiger partial charge on any atom is -0.379 e. The van der Waals surface area contributed by atoms with E-state index < -0.39 is 0 Å². The molecule has 5 nitrogen and oxygen atoms in total. The van der Waals surface area contributed by atoms with Gasteiger partial charge in [0.15, 0.2) is 0 Å². The standard InChI is InChI=1S/C14H24N4O/c1-12(10-17-4-6-19-7-5-17)18-11-15-8-14(18)9-16-13-2-3-13/h8,11-13,16H,2-7,9-10H2,1H3. The second-order valence-electron chi connectivity index (χ2n) is 5.71. The molecule has 0 amide bonds. The van der Waals surface area contributed by atoms with E-state index in [4.69, 9.17) is 4.74 Å². The van der Waals surface area contributed by atoms with Crippen molar-refractivity contribution in [2.24, 2.45) is 0 Å². The number of hydrogen-bond donors (Lipinski definition) is 1. The van der Waals surface area contributed by atoms with Crippen molar-refractivity contribution in [3.8, 4) is 0 Å². The average Bonchev–Trinajstić information content (AvgIpc) is 3.14. The van der Waals surface area contributed by atoms with Crippen molar-refractivity contribution in [3.05, 3.63) is 18.2 Å². The van der Waals surface area contributed by atoms with Gasteiger partial charge in [0, 0.05) is 44.5 Å². The zero-order valence-electron chi connectivity index (χ0n) is 11.7. The van der Waals surface area contributed by atoms with Gasteiger partial charge in [-0.1, -0.05) is 0 Å². The van der Waals surface area contributed by atoms with Crippen molar-refractivity contribution >= 4 is 0 Å². The number of nitrogens with zero attached hydrogens (tertiary/aromatic N) is 3. The summed E-state index contributed by atoms with van der Waals surface area (Å²) in [6.07, 6.45) is 6.62. The third-order valence-electron chi connectivity index (χ3n) is 4.00. The highest BCUT2D eigenvalue weighted by molar-refractivity contribution is 5.01. The molecule has 1 aromatic rings. The van der Waals surface area contributed by atoms with E-state index in [1.807, 2.05) is 12.5 Å². The lowest BCUT2D eigenvalue weighted by molar-refractivity contribution is 0.0324.